The van der Waals surface area contributed by atoms with Gasteiger partial charge in [-0.1, -0.05) is 24.3 Å². The Kier molecular flexibility index (Phi) is 4.19. The summed E-state index contributed by atoms with van der Waals surface area (Å²) < 4.78 is 24.9. The van der Waals surface area contributed by atoms with E-state index >= 15 is 0 Å². The van der Waals surface area contributed by atoms with Crippen molar-refractivity contribution in [3.63, 3.8) is 0 Å². The Hall–Kier alpha value is -3.48. The largest absolute Gasteiger partial charge is 0.494 e. The SMILES string of the molecule is COc1ccc(C2(c3cccc(-c4cncnc4)c3)COC(N)=N2)cc1F. The number of halogens is 1. The van der Waals surface area contributed by atoms with Crippen molar-refractivity contribution in [1.82, 2.24) is 9.97 Å². The molecular weight excluding hydrogens is 347 g/mol. The Morgan fingerprint density at radius 1 is 1.07 bits per heavy atom. The third-order valence-corrected chi connectivity index (χ3v) is 4.59. The standard InChI is InChI=1S/C20H17FN4O2/c1-26-18-6-5-16(8-17(18)21)20(11-27-19(22)25-20)15-4-2-3-13(7-15)14-9-23-12-24-10-14/h2-10,12H,11H2,1H3,(H2,22,25). The highest BCUT2D eigenvalue weighted by Gasteiger charge is 2.40. The van der Waals surface area contributed by atoms with Crippen LogP contribution >= 0.6 is 0 Å². The second kappa shape index (κ2) is 6.68. The Balaban J connectivity index is 1.86. The molecule has 2 aromatic carbocycles. The number of hydrogen-bond acceptors (Lipinski definition) is 6. The van der Waals surface area contributed by atoms with E-state index in [0.29, 0.717) is 5.56 Å². The molecule has 6 nitrogen and oxygen atoms in total. The number of nitrogens with two attached hydrogens (primary N) is 1. The molecule has 0 fully saturated rings. The molecule has 0 aliphatic carbocycles. The number of amidine groups is 1. The van der Waals surface area contributed by atoms with Gasteiger partial charge in [-0.3, -0.25) is 0 Å². The van der Waals surface area contributed by atoms with Crippen molar-refractivity contribution < 1.29 is 13.9 Å². The number of hydrogen-bond donors (Lipinski definition) is 1. The Labute approximate surface area is 155 Å². The first-order valence-corrected chi connectivity index (χ1v) is 8.30. The third kappa shape index (κ3) is 2.97. The zero-order valence-electron chi connectivity index (χ0n) is 14.6. The van der Waals surface area contributed by atoms with Crippen LogP contribution in [0.4, 0.5) is 4.39 Å². The van der Waals surface area contributed by atoms with E-state index in [1.807, 2.05) is 24.3 Å². The van der Waals surface area contributed by atoms with Crippen LogP contribution < -0.4 is 10.5 Å². The summed E-state index contributed by atoms with van der Waals surface area (Å²) in [5.41, 5.74) is 8.12. The lowest BCUT2D eigenvalue weighted by Crippen LogP contribution is -2.27. The molecule has 1 aliphatic rings. The van der Waals surface area contributed by atoms with Crippen molar-refractivity contribution in [2.45, 2.75) is 5.54 Å². The molecule has 0 amide bonds. The van der Waals surface area contributed by atoms with Gasteiger partial charge in [-0.05, 0) is 34.9 Å². The molecule has 1 unspecified atom stereocenters. The molecule has 2 N–H and O–H groups in total. The van der Waals surface area contributed by atoms with Gasteiger partial charge in [-0.15, -0.1) is 0 Å². The van der Waals surface area contributed by atoms with E-state index in [2.05, 4.69) is 15.0 Å². The summed E-state index contributed by atoms with van der Waals surface area (Å²) in [6.45, 7) is 0.180. The normalized spacial score (nSPS) is 18.7. The van der Waals surface area contributed by atoms with Crippen molar-refractivity contribution in [2.24, 2.45) is 10.7 Å². The second-order valence-electron chi connectivity index (χ2n) is 6.16. The maximum absolute atomic E-state index is 14.4. The summed E-state index contributed by atoms with van der Waals surface area (Å²) >= 11 is 0. The van der Waals surface area contributed by atoms with E-state index in [9.17, 15) is 4.39 Å². The minimum absolute atomic E-state index is 0.0691. The Morgan fingerprint density at radius 2 is 1.85 bits per heavy atom. The van der Waals surface area contributed by atoms with Crippen molar-refractivity contribution in [3.8, 4) is 16.9 Å². The Morgan fingerprint density at radius 3 is 2.52 bits per heavy atom. The number of aromatic nitrogens is 2. The van der Waals surface area contributed by atoms with Crippen LogP contribution in [0.3, 0.4) is 0 Å². The summed E-state index contributed by atoms with van der Waals surface area (Å²) in [5.74, 6) is -0.303. The molecule has 1 aromatic heterocycles. The number of rotatable bonds is 4. The first-order chi connectivity index (χ1) is 13.1. The van der Waals surface area contributed by atoms with Gasteiger partial charge in [-0.2, -0.15) is 0 Å². The number of nitrogens with zero attached hydrogens (tertiary/aromatic N) is 3. The van der Waals surface area contributed by atoms with Crippen molar-refractivity contribution in [2.75, 3.05) is 13.7 Å². The van der Waals surface area contributed by atoms with Crippen LogP contribution in [0.5, 0.6) is 5.75 Å². The summed E-state index contributed by atoms with van der Waals surface area (Å²) in [5, 5.41) is 0. The van der Waals surface area contributed by atoms with Gasteiger partial charge in [0.15, 0.2) is 17.1 Å². The van der Waals surface area contributed by atoms with Gasteiger partial charge >= 0.3 is 0 Å². The number of methoxy groups -OCH3 is 1. The fourth-order valence-corrected chi connectivity index (χ4v) is 3.22. The van der Waals surface area contributed by atoms with Crippen molar-refractivity contribution >= 4 is 6.02 Å². The Bertz CT molecular complexity index is 1010. The fraction of sp³-hybridized carbons (Fsp3) is 0.150. The van der Waals surface area contributed by atoms with Gasteiger partial charge in [0.1, 0.15) is 12.9 Å². The van der Waals surface area contributed by atoms with Crippen LogP contribution in [0.1, 0.15) is 11.1 Å². The number of benzene rings is 2. The summed E-state index contributed by atoms with van der Waals surface area (Å²) in [6.07, 6.45) is 4.94. The van der Waals surface area contributed by atoms with Gasteiger partial charge in [0.2, 0.25) is 0 Å². The third-order valence-electron chi connectivity index (χ3n) is 4.59. The molecule has 1 aliphatic heterocycles. The van der Waals surface area contributed by atoms with E-state index in [-0.39, 0.29) is 18.4 Å². The lowest BCUT2D eigenvalue weighted by Gasteiger charge is -2.26. The first kappa shape index (κ1) is 17.0. The van der Waals surface area contributed by atoms with Crippen LogP contribution in [0, 0.1) is 5.82 Å². The van der Waals surface area contributed by atoms with Crippen molar-refractivity contribution in [3.05, 3.63) is 78.1 Å². The van der Waals surface area contributed by atoms with Gasteiger partial charge < -0.3 is 15.2 Å². The number of ether oxygens (including phenoxy) is 2. The predicted molar refractivity (Wildman–Crippen MR) is 98.8 cm³/mol. The van der Waals surface area contributed by atoms with Gasteiger partial charge in [0.25, 0.3) is 6.02 Å². The average molecular weight is 364 g/mol. The molecular formula is C20H17FN4O2. The van der Waals surface area contributed by atoms with E-state index in [0.717, 1.165) is 16.7 Å². The van der Waals surface area contributed by atoms with Gasteiger partial charge in [-0.25, -0.2) is 19.4 Å². The molecule has 3 aromatic rings. The van der Waals surface area contributed by atoms with E-state index in [1.54, 1.807) is 24.5 Å². The van der Waals surface area contributed by atoms with Gasteiger partial charge in [0.05, 0.1) is 7.11 Å². The molecule has 0 saturated heterocycles. The smallest absolute Gasteiger partial charge is 0.283 e. The molecule has 2 heterocycles. The minimum Gasteiger partial charge on any atom is -0.494 e. The molecule has 7 heteroatoms. The van der Waals surface area contributed by atoms with Crippen LogP contribution in [0.25, 0.3) is 11.1 Å². The van der Waals surface area contributed by atoms with E-state index in [4.69, 9.17) is 15.2 Å². The molecule has 4 rings (SSSR count). The molecule has 1 atom stereocenters. The highest BCUT2D eigenvalue weighted by molar-refractivity contribution is 5.75. The topological polar surface area (TPSA) is 82.6 Å². The van der Waals surface area contributed by atoms with E-state index < -0.39 is 11.4 Å². The lowest BCUT2D eigenvalue weighted by molar-refractivity contribution is 0.278. The highest BCUT2D eigenvalue weighted by atomic mass is 19.1. The van der Waals surface area contributed by atoms with Crippen LogP contribution in [0.2, 0.25) is 0 Å². The maximum Gasteiger partial charge on any atom is 0.283 e. The van der Waals surface area contributed by atoms with E-state index in [1.165, 1.54) is 19.5 Å². The fourth-order valence-electron chi connectivity index (χ4n) is 3.22. The summed E-state index contributed by atoms with van der Waals surface area (Å²) in [6, 6.07) is 12.6. The second-order valence-corrected chi connectivity index (χ2v) is 6.16. The summed E-state index contributed by atoms with van der Waals surface area (Å²) in [4.78, 5) is 12.6. The zero-order chi connectivity index (χ0) is 18.9. The van der Waals surface area contributed by atoms with Crippen LogP contribution in [-0.2, 0) is 10.3 Å². The average Bonchev–Trinajstić information content (AvgIpc) is 3.12. The van der Waals surface area contributed by atoms with Crippen molar-refractivity contribution in [1.29, 1.82) is 0 Å². The van der Waals surface area contributed by atoms with Crippen LogP contribution in [-0.4, -0.2) is 29.7 Å². The molecule has 27 heavy (non-hydrogen) atoms. The highest BCUT2D eigenvalue weighted by Crippen LogP contribution is 2.40. The molecule has 0 bridgehead atoms. The molecule has 0 radical (unpaired) electrons. The monoisotopic (exact) mass is 364 g/mol. The predicted octanol–water partition coefficient (Wildman–Crippen LogP) is 2.88. The summed E-state index contributed by atoms with van der Waals surface area (Å²) in [7, 11) is 1.42. The number of aliphatic imine (C=N–C) groups is 1. The molecule has 0 saturated carbocycles. The lowest BCUT2D eigenvalue weighted by atomic mass is 9.83. The zero-order valence-corrected chi connectivity index (χ0v) is 14.6. The first-order valence-electron chi connectivity index (χ1n) is 8.30. The molecule has 136 valence electrons. The van der Waals surface area contributed by atoms with Gasteiger partial charge in [0, 0.05) is 18.0 Å². The quantitative estimate of drug-likeness (QED) is 0.770. The molecule has 0 spiro atoms. The minimum atomic E-state index is -0.942. The van der Waals surface area contributed by atoms with Crippen LogP contribution in [0.15, 0.2) is 66.2 Å². The maximum atomic E-state index is 14.4.